The van der Waals surface area contributed by atoms with Crippen LogP contribution >= 0.6 is 0 Å². The molecule has 0 spiro atoms. The van der Waals surface area contributed by atoms with Crippen molar-refractivity contribution in [2.24, 2.45) is 0 Å². The Morgan fingerprint density at radius 3 is 2.71 bits per heavy atom. The van der Waals surface area contributed by atoms with E-state index in [1.165, 1.54) is 29.2 Å². The number of nitrogens with zero attached hydrogens (tertiary/aromatic N) is 1. The first-order valence-corrected chi connectivity index (χ1v) is 7.84. The molecule has 6 nitrogen and oxygen atoms in total. The van der Waals surface area contributed by atoms with Crippen molar-refractivity contribution in [2.75, 3.05) is 19.8 Å². The number of benzene rings is 1. The minimum Gasteiger partial charge on any atom is -0.481 e. The fourth-order valence-corrected chi connectivity index (χ4v) is 2.92. The number of aliphatic carboxylic acids is 1. The van der Waals surface area contributed by atoms with Crippen molar-refractivity contribution in [3.05, 3.63) is 35.8 Å². The molecule has 0 bridgehead atoms. The van der Waals surface area contributed by atoms with Gasteiger partial charge in [0.25, 0.3) is 5.91 Å². The summed E-state index contributed by atoms with van der Waals surface area (Å²) >= 11 is 0. The van der Waals surface area contributed by atoms with Crippen molar-refractivity contribution in [1.29, 1.82) is 0 Å². The molecule has 1 N–H and O–H groups in total. The largest absolute Gasteiger partial charge is 0.481 e. The van der Waals surface area contributed by atoms with E-state index in [-0.39, 0.29) is 30.7 Å². The van der Waals surface area contributed by atoms with Crippen LogP contribution in [0.2, 0.25) is 0 Å². The van der Waals surface area contributed by atoms with Gasteiger partial charge in [-0.2, -0.15) is 0 Å². The number of halogens is 1. The fraction of sp³-hybridized carbons (Fsp3) is 0.412. The molecular weight excluding hydrogens is 317 g/mol. The van der Waals surface area contributed by atoms with Crippen molar-refractivity contribution in [1.82, 2.24) is 4.90 Å². The predicted molar refractivity (Wildman–Crippen MR) is 83.3 cm³/mol. The number of amides is 1. The molecule has 24 heavy (non-hydrogen) atoms. The summed E-state index contributed by atoms with van der Waals surface area (Å²) in [5.41, 5.74) is 0.421. The molecule has 0 atom stereocenters. The Labute approximate surface area is 137 Å². The molecular formula is C17H18FNO5. The third-order valence-corrected chi connectivity index (χ3v) is 4.15. The van der Waals surface area contributed by atoms with E-state index in [9.17, 15) is 14.0 Å². The van der Waals surface area contributed by atoms with E-state index in [2.05, 4.69) is 0 Å². The zero-order valence-corrected chi connectivity index (χ0v) is 13.0. The molecule has 1 saturated heterocycles. The molecule has 1 fully saturated rings. The molecule has 0 saturated carbocycles. The standard InChI is InChI=1S/C17H18FNO5/c18-12-1-2-14-11(9-12)10-15(24-14)17(22)19(6-3-16(20)21)13-4-7-23-8-5-13/h1-2,9-10,13H,3-8H2,(H,20,21). The number of hydrogen-bond donors (Lipinski definition) is 1. The lowest BCUT2D eigenvalue weighted by atomic mass is 10.1. The normalized spacial score (nSPS) is 15.5. The van der Waals surface area contributed by atoms with Crippen LogP contribution in [-0.4, -0.2) is 47.7 Å². The number of carboxylic acid groups (broad SMARTS) is 1. The minimum atomic E-state index is -0.966. The lowest BCUT2D eigenvalue weighted by Gasteiger charge is -2.33. The van der Waals surface area contributed by atoms with Crippen LogP contribution in [0, 0.1) is 5.82 Å². The van der Waals surface area contributed by atoms with Crippen LogP contribution in [0.3, 0.4) is 0 Å². The highest BCUT2D eigenvalue weighted by Crippen LogP contribution is 2.24. The van der Waals surface area contributed by atoms with Crippen molar-refractivity contribution < 1.29 is 28.2 Å². The number of ether oxygens (including phenoxy) is 1. The Kier molecular flexibility index (Phi) is 4.80. The van der Waals surface area contributed by atoms with E-state index in [0.29, 0.717) is 37.0 Å². The second kappa shape index (κ2) is 7.00. The fourth-order valence-electron chi connectivity index (χ4n) is 2.92. The summed E-state index contributed by atoms with van der Waals surface area (Å²) < 4.78 is 24.1. The quantitative estimate of drug-likeness (QED) is 0.909. The Bertz CT molecular complexity index is 751. The number of carbonyl (C=O) groups excluding carboxylic acids is 1. The highest BCUT2D eigenvalue weighted by atomic mass is 19.1. The molecule has 0 radical (unpaired) electrons. The van der Waals surface area contributed by atoms with Crippen LogP contribution in [0.25, 0.3) is 11.0 Å². The van der Waals surface area contributed by atoms with Gasteiger partial charge >= 0.3 is 5.97 Å². The van der Waals surface area contributed by atoms with Gasteiger partial charge in [0.15, 0.2) is 5.76 Å². The van der Waals surface area contributed by atoms with E-state index in [1.807, 2.05) is 0 Å². The summed E-state index contributed by atoms with van der Waals surface area (Å²) in [4.78, 5) is 25.2. The van der Waals surface area contributed by atoms with Crippen LogP contribution in [-0.2, 0) is 9.53 Å². The zero-order valence-electron chi connectivity index (χ0n) is 13.0. The topological polar surface area (TPSA) is 80.0 Å². The van der Waals surface area contributed by atoms with Gasteiger partial charge in [-0.15, -0.1) is 0 Å². The van der Waals surface area contributed by atoms with Gasteiger partial charge in [-0.25, -0.2) is 4.39 Å². The van der Waals surface area contributed by atoms with Gasteiger partial charge < -0.3 is 19.2 Å². The summed E-state index contributed by atoms with van der Waals surface area (Å²) in [6, 6.07) is 5.44. The van der Waals surface area contributed by atoms with Crippen molar-refractivity contribution >= 4 is 22.8 Å². The van der Waals surface area contributed by atoms with Gasteiger partial charge in [-0.05, 0) is 37.1 Å². The molecule has 0 aliphatic carbocycles. The van der Waals surface area contributed by atoms with Crippen LogP contribution < -0.4 is 0 Å². The second-order valence-corrected chi connectivity index (χ2v) is 5.78. The summed E-state index contributed by atoms with van der Waals surface area (Å²) in [7, 11) is 0. The summed E-state index contributed by atoms with van der Waals surface area (Å²) in [5, 5.41) is 9.43. The maximum atomic E-state index is 13.3. The summed E-state index contributed by atoms with van der Waals surface area (Å²) in [6.07, 6.45) is 1.17. The number of carbonyl (C=O) groups is 2. The Hall–Kier alpha value is -2.41. The summed E-state index contributed by atoms with van der Waals surface area (Å²) in [6.45, 7) is 1.17. The highest BCUT2D eigenvalue weighted by molar-refractivity contribution is 5.96. The smallest absolute Gasteiger partial charge is 0.305 e. The predicted octanol–water partition coefficient (Wildman–Crippen LogP) is 2.67. The first-order chi connectivity index (χ1) is 11.5. The molecule has 1 aromatic heterocycles. The van der Waals surface area contributed by atoms with Crippen molar-refractivity contribution in [3.8, 4) is 0 Å². The lowest BCUT2D eigenvalue weighted by molar-refractivity contribution is -0.137. The molecule has 1 aliphatic heterocycles. The van der Waals surface area contributed by atoms with Gasteiger partial charge in [-0.1, -0.05) is 0 Å². The highest BCUT2D eigenvalue weighted by Gasteiger charge is 2.29. The second-order valence-electron chi connectivity index (χ2n) is 5.78. The average molecular weight is 335 g/mol. The first kappa shape index (κ1) is 16.4. The molecule has 7 heteroatoms. The van der Waals surface area contributed by atoms with E-state index in [1.54, 1.807) is 0 Å². The molecule has 1 aromatic carbocycles. The first-order valence-electron chi connectivity index (χ1n) is 7.84. The molecule has 3 rings (SSSR count). The van der Waals surface area contributed by atoms with Gasteiger partial charge in [0.05, 0.1) is 6.42 Å². The van der Waals surface area contributed by atoms with E-state index < -0.39 is 11.8 Å². The Morgan fingerprint density at radius 2 is 2.00 bits per heavy atom. The van der Waals surface area contributed by atoms with Crippen molar-refractivity contribution in [3.63, 3.8) is 0 Å². The number of hydrogen-bond acceptors (Lipinski definition) is 4. The average Bonchev–Trinajstić information content (AvgIpc) is 2.98. The molecule has 0 unspecified atom stereocenters. The lowest BCUT2D eigenvalue weighted by Crippen LogP contribution is -2.44. The SMILES string of the molecule is O=C(O)CCN(C(=O)c1cc2cc(F)ccc2o1)C1CCOCC1. The van der Waals surface area contributed by atoms with Crippen LogP contribution in [0.15, 0.2) is 28.7 Å². The minimum absolute atomic E-state index is 0.0875. The third kappa shape index (κ3) is 3.56. The molecule has 2 aromatic rings. The maximum absolute atomic E-state index is 13.3. The van der Waals surface area contributed by atoms with Crippen molar-refractivity contribution in [2.45, 2.75) is 25.3 Å². The van der Waals surface area contributed by atoms with Gasteiger partial charge in [0, 0.05) is 31.2 Å². The summed E-state index contributed by atoms with van der Waals surface area (Å²) in [5.74, 6) is -1.66. The molecule has 2 heterocycles. The number of furan rings is 1. The molecule has 1 aliphatic rings. The van der Waals surface area contributed by atoms with Crippen LogP contribution in [0.5, 0.6) is 0 Å². The number of fused-ring (bicyclic) bond motifs is 1. The van der Waals surface area contributed by atoms with E-state index in [0.717, 1.165) is 0 Å². The number of rotatable bonds is 5. The molecule has 1 amide bonds. The number of carboxylic acids is 1. The maximum Gasteiger partial charge on any atom is 0.305 e. The van der Waals surface area contributed by atoms with Gasteiger partial charge in [0.1, 0.15) is 11.4 Å². The molecule has 128 valence electrons. The Morgan fingerprint density at radius 1 is 1.25 bits per heavy atom. The van der Waals surface area contributed by atoms with E-state index >= 15 is 0 Å². The third-order valence-electron chi connectivity index (χ3n) is 4.15. The van der Waals surface area contributed by atoms with Gasteiger partial charge in [-0.3, -0.25) is 9.59 Å². The van der Waals surface area contributed by atoms with Gasteiger partial charge in [0.2, 0.25) is 0 Å². The van der Waals surface area contributed by atoms with Crippen LogP contribution in [0.1, 0.15) is 29.8 Å². The van der Waals surface area contributed by atoms with Crippen LogP contribution in [0.4, 0.5) is 4.39 Å². The monoisotopic (exact) mass is 335 g/mol. The van der Waals surface area contributed by atoms with E-state index in [4.69, 9.17) is 14.3 Å². The zero-order chi connectivity index (χ0) is 17.1. The Balaban J connectivity index is 1.86.